The summed E-state index contributed by atoms with van der Waals surface area (Å²) in [7, 11) is -3.60. The van der Waals surface area contributed by atoms with E-state index in [1.807, 2.05) is 0 Å². The van der Waals surface area contributed by atoms with Crippen molar-refractivity contribution in [2.75, 3.05) is 11.6 Å². The van der Waals surface area contributed by atoms with Crippen LogP contribution in [0.25, 0.3) is 0 Å². The number of aromatic nitrogens is 3. The highest BCUT2D eigenvalue weighted by molar-refractivity contribution is 7.90. The normalized spacial score (nSPS) is 15.1. The largest absolute Gasteiger partial charge is 0.435 e. The number of sulfone groups is 1. The summed E-state index contributed by atoms with van der Waals surface area (Å²) >= 11 is 0. The van der Waals surface area contributed by atoms with E-state index in [0.717, 1.165) is 19.6 Å². The van der Waals surface area contributed by atoms with Crippen LogP contribution in [-0.4, -0.2) is 40.9 Å². The van der Waals surface area contributed by atoms with E-state index >= 15 is 0 Å². The second kappa shape index (κ2) is 9.62. The lowest BCUT2D eigenvalue weighted by Gasteiger charge is -2.36. The van der Waals surface area contributed by atoms with Gasteiger partial charge < -0.3 is 15.2 Å². The highest BCUT2D eigenvalue weighted by Gasteiger charge is 2.40. The summed E-state index contributed by atoms with van der Waals surface area (Å²) in [5.74, 6) is -1.35. The Labute approximate surface area is 217 Å². The quantitative estimate of drug-likeness (QED) is 0.454. The molecule has 2 heterocycles. The summed E-state index contributed by atoms with van der Waals surface area (Å²) in [4.78, 5) is 17.6. The Balaban J connectivity index is 1.76. The lowest BCUT2D eigenvalue weighted by Crippen LogP contribution is -2.34. The van der Waals surface area contributed by atoms with E-state index in [4.69, 9.17) is 4.74 Å². The predicted octanol–water partition coefficient (Wildman–Crippen LogP) is 4.64. The molecule has 1 aliphatic carbocycles. The monoisotopic (exact) mass is 550 g/mol. The Morgan fingerprint density at radius 3 is 2.37 bits per heavy atom. The van der Waals surface area contributed by atoms with Crippen LogP contribution in [0.2, 0.25) is 0 Å². The molecule has 0 aliphatic heterocycles. The second-order valence-electron chi connectivity index (χ2n) is 9.33. The first kappa shape index (κ1) is 27.5. The minimum Gasteiger partial charge on any atom is -0.435 e. The molecule has 38 heavy (non-hydrogen) atoms. The molecule has 1 aliphatic rings. The molecule has 1 aromatic carbocycles. The SMILES string of the molecule is Cc1cc(C2(O)CCC2)nc(C)c1Oc1nnc(C(F)(F)F)c(C)c1C(=O)Nc1cccc(S(C)(=O)=O)c1. The van der Waals surface area contributed by atoms with E-state index in [1.54, 1.807) is 19.9 Å². The summed E-state index contributed by atoms with van der Waals surface area (Å²) < 4.78 is 70.4. The minimum absolute atomic E-state index is 0.0424. The average molecular weight is 551 g/mol. The van der Waals surface area contributed by atoms with Crippen molar-refractivity contribution in [1.29, 1.82) is 0 Å². The Morgan fingerprint density at radius 2 is 1.82 bits per heavy atom. The number of pyridine rings is 1. The summed E-state index contributed by atoms with van der Waals surface area (Å²) in [6.07, 6.45) is -1.92. The van der Waals surface area contributed by atoms with E-state index in [1.165, 1.54) is 24.3 Å². The zero-order chi connectivity index (χ0) is 28.0. The molecule has 202 valence electrons. The number of rotatable bonds is 6. The van der Waals surface area contributed by atoms with Crippen LogP contribution in [0.3, 0.4) is 0 Å². The molecule has 0 atom stereocenters. The first-order chi connectivity index (χ1) is 17.6. The zero-order valence-electron chi connectivity index (χ0n) is 21.0. The fraction of sp³-hybridized carbons (Fsp3) is 0.360. The molecule has 1 fully saturated rings. The molecule has 2 N–H and O–H groups in total. The van der Waals surface area contributed by atoms with Crippen LogP contribution in [0, 0.1) is 20.8 Å². The molecule has 9 nitrogen and oxygen atoms in total. The van der Waals surface area contributed by atoms with Gasteiger partial charge in [0.2, 0.25) is 0 Å². The Bertz CT molecular complexity index is 1510. The number of nitrogens with one attached hydrogen (secondary N) is 1. The number of carbonyl (C=O) groups is 1. The number of aliphatic hydroxyl groups is 1. The molecule has 0 unspecified atom stereocenters. The number of carbonyl (C=O) groups excluding carboxylic acids is 1. The van der Waals surface area contributed by atoms with Gasteiger partial charge in [0, 0.05) is 11.9 Å². The molecule has 4 rings (SSSR count). The molecule has 13 heteroatoms. The van der Waals surface area contributed by atoms with Crippen LogP contribution < -0.4 is 10.1 Å². The number of benzene rings is 1. The van der Waals surface area contributed by atoms with E-state index in [0.29, 0.717) is 29.8 Å². The van der Waals surface area contributed by atoms with Crippen LogP contribution in [0.15, 0.2) is 35.2 Å². The molecule has 1 amide bonds. The number of halogens is 3. The third kappa shape index (κ3) is 5.34. The van der Waals surface area contributed by atoms with Crippen molar-refractivity contribution in [3.63, 3.8) is 0 Å². The van der Waals surface area contributed by atoms with Crippen molar-refractivity contribution in [1.82, 2.24) is 15.2 Å². The maximum Gasteiger partial charge on any atom is 0.435 e. The van der Waals surface area contributed by atoms with Crippen molar-refractivity contribution in [2.45, 2.75) is 56.7 Å². The number of amides is 1. The number of alkyl halides is 3. The summed E-state index contributed by atoms with van der Waals surface area (Å²) in [6, 6.07) is 6.91. The molecule has 1 saturated carbocycles. The van der Waals surface area contributed by atoms with Gasteiger partial charge in [-0.15, -0.1) is 10.2 Å². The van der Waals surface area contributed by atoms with Gasteiger partial charge in [-0.3, -0.25) is 9.78 Å². The number of hydrogen-bond acceptors (Lipinski definition) is 8. The Morgan fingerprint density at radius 1 is 1.13 bits per heavy atom. The van der Waals surface area contributed by atoms with Crippen LogP contribution in [0.1, 0.15) is 57.8 Å². The van der Waals surface area contributed by atoms with Crippen LogP contribution in [0.4, 0.5) is 18.9 Å². The van der Waals surface area contributed by atoms with E-state index in [9.17, 15) is 31.5 Å². The summed E-state index contributed by atoms with van der Waals surface area (Å²) in [5.41, 5.74) is -2.09. The van der Waals surface area contributed by atoms with Crippen molar-refractivity contribution in [3.05, 3.63) is 64.1 Å². The first-order valence-electron chi connectivity index (χ1n) is 11.5. The smallest absolute Gasteiger partial charge is 0.435 e. The van der Waals surface area contributed by atoms with Gasteiger partial charge in [-0.2, -0.15) is 13.2 Å². The van der Waals surface area contributed by atoms with Crippen molar-refractivity contribution >= 4 is 21.4 Å². The highest BCUT2D eigenvalue weighted by atomic mass is 32.2. The topological polar surface area (TPSA) is 131 Å². The Hall–Kier alpha value is -3.58. The average Bonchev–Trinajstić information content (AvgIpc) is 2.78. The molecule has 0 radical (unpaired) electrons. The third-order valence-electron chi connectivity index (χ3n) is 6.38. The molecule has 0 bridgehead atoms. The van der Waals surface area contributed by atoms with Gasteiger partial charge >= 0.3 is 6.18 Å². The number of aryl methyl sites for hydroxylation is 2. The van der Waals surface area contributed by atoms with Crippen molar-refractivity contribution in [2.24, 2.45) is 0 Å². The fourth-order valence-electron chi connectivity index (χ4n) is 4.18. The highest BCUT2D eigenvalue weighted by Crippen LogP contribution is 2.42. The third-order valence-corrected chi connectivity index (χ3v) is 7.50. The second-order valence-corrected chi connectivity index (χ2v) is 11.3. The molecule has 0 spiro atoms. The standard InChI is InChI=1S/C25H25F3N4O5S/c1-13-11-18(24(34)9-6-10-24)29-15(3)20(13)37-23-19(14(2)21(31-32-23)25(26,27)28)22(33)30-16-7-5-8-17(12-16)38(4,35)36/h5,7-8,11-12,34H,6,9-10H2,1-4H3,(H,30,33). The van der Waals surface area contributed by atoms with Gasteiger partial charge in [0.15, 0.2) is 21.3 Å². The van der Waals surface area contributed by atoms with Gasteiger partial charge in [-0.1, -0.05) is 6.07 Å². The number of ether oxygens (including phenoxy) is 1. The molecule has 3 aromatic rings. The van der Waals surface area contributed by atoms with E-state index < -0.39 is 50.2 Å². The van der Waals surface area contributed by atoms with E-state index in [-0.39, 0.29) is 16.3 Å². The molecular formula is C25H25F3N4O5S. The first-order valence-corrected chi connectivity index (χ1v) is 13.4. The molecule has 2 aromatic heterocycles. The van der Waals surface area contributed by atoms with Gasteiger partial charge in [-0.05, 0) is 75.4 Å². The minimum atomic E-state index is -4.89. The lowest BCUT2D eigenvalue weighted by atomic mass is 9.77. The van der Waals surface area contributed by atoms with Crippen molar-refractivity contribution < 1.29 is 36.2 Å². The van der Waals surface area contributed by atoms with E-state index in [2.05, 4.69) is 20.5 Å². The molecule has 0 saturated heterocycles. The number of anilines is 1. The summed E-state index contributed by atoms with van der Waals surface area (Å²) in [5, 5.41) is 19.9. The van der Waals surface area contributed by atoms with Gasteiger partial charge in [-0.25, -0.2) is 8.42 Å². The fourth-order valence-corrected chi connectivity index (χ4v) is 4.85. The van der Waals surface area contributed by atoms with Crippen LogP contribution in [0.5, 0.6) is 11.6 Å². The maximum atomic E-state index is 13.6. The summed E-state index contributed by atoms with van der Waals surface area (Å²) in [6.45, 7) is 4.35. The number of nitrogens with zero attached hydrogens (tertiary/aromatic N) is 3. The zero-order valence-corrected chi connectivity index (χ0v) is 21.8. The van der Waals surface area contributed by atoms with Gasteiger partial charge in [0.05, 0.1) is 16.3 Å². The van der Waals surface area contributed by atoms with Crippen LogP contribution >= 0.6 is 0 Å². The lowest BCUT2D eigenvalue weighted by molar-refractivity contribution is -0.142. The van der Waals surface area contributed by atoms with Crippen LogP contribution in [-0.2, 0) is 21.6 Å². The molecular weight excluding hydrogens is 525 g/mol. The maximum absolute atomic E-state index is 13.6. The van der Waals surface area contributed by atoms with Crippen molar-refractivity contribution in [3.8, 4) is 11.6 Å². The van der Waals surface area contributed by atoms with Gasteiger partial charge in [0.25, 0.3) is 11.8 Å². The predicted molar refractivity (Wildman–Crippen MR) is 131 cm³/mol. The Kier molecular flexibility index (Phi) is 6.95. The number of hydrogen-bond donors (Lipinski definition) is 2. The van der Waals surface area contributed by atoms with Gasteiger partial charge in [0.1, 0.15) is 11.2 Å².